The summed E-state index contributed by atoms with van der Waals surface area (Å²) in [6.07, 6.45) is 0. The molecule has 3 aromatic rings. The van der Waals surface area contributed by atoms with E-state index in [0.717, 1.165) is 22.1 Å². The molecule has 6 heteroatoms. The summed E-state index contributed by atoms with van der Waals surface area (Å²) < 4.78 is 27.1. The minimum Gasteiger partial charge on any atom is -0.350 e. The Hall–Kier alpha value is -3.80. The predicted molar refractivity (Wildman–Crippen MR) is 112 cm³/mol. The number of halogens is 2. The van der Waals surface area contributed by atoms with Crippen LogP contribution in [-0.2, 0) is 9.59 Å². The molecule has 0 saturated heterocycles. The third-order valence-electron chi connectivity index (χ3n) is 4.92. The van der Waals surface area contributed by atoms with Gasteiger partial charge in [-0.2, -0.15) is 0 Å². The van der Waals surface area contributed by atoms with Gasteiger partial charge in [0.2, 0.25) is 0 Å². The van der Waals surface area contributed by atoms with Crippen molar-refractivity contribution in [3.63, 3.8) is 0 Å². The number of nitrogens with one attached hydrogen (secondary N) is 1. The molecule has 1 aliphatic heterocycles. The Morgan fingerprint density at radius 3 is 2.20 bits per heavy atom. The van der Waals surface area contributed by atoms with Crippen molar-refractivity contribution < 1.29 is 18.4 Å². The molecule has 2 amide bonds. The molecule has 0 radical (unpaired) electrons. The van der Waals surface area contributed by atoms with Crippen molar-refractivity contribution >= 4 is 28.8 Å². The smallest absolute Gasteiger partial charge is 0.282 e. The van der Waals surface area contributed by atoms with Crippen LogP contribution in [0.15, 0.2) is 72.4 Å². The van der Waals surface area contributed by atoms with E-state index in [0.29, 0.717) is 11.3 Å². The van der Waals surface area contributed by atoms with Crippen LogP contribution in [0.25, 0.3) is 5.57 Å². The van der Waals surface area contributed by atoms with Crippen LogP contribution in [0.3, 0.4) is 0 Å². The first kappa shape index (κ1) is 19.5. The number of carbonyl (C=O) groups excluding carboxylic acids is 2. The number of carbonyl (C=O) groups is 2. The van der Waals surface area contributed by atoms with Crippen molar-refractivity contribution in [2.24, 2.45) is 0 Å². The summed E-state index contributed by atoms with van der Waals surface area (Å²) in [4.78, 5) is 27.5. The zero-order valence-electron chi connectivity index (χ0n) is 16.4. The molecule has 0 aliphatic carbocycles. The average molecular weight is 404 g/mol. The summed E-state index contributed by atoms with van der Waals surface area (Å²) in [5.74, 6) is -2.13. The third-order valence-corrected chi connectivity index (χ3v) is 4.92. The van der Waals surface area contributed by atoms with Gasteiger partial charge in [0.05, 0.1) is 11.3 Å². The molecule has 0 spiro atoms. The highest BCUT2D eigenvalue weighted by Gasteiger charge is 2.40. The van der Waals surface area contributed by atoms with Gasteiger partial charge in [-0.15, -0.1) is 0 Å². The third kappa shape index (κ3) is 3.48. The van der Waals surface area contributed by atoms with Crippen LogP contribution in [0.5, 0.6) is 0 Å². The second-order valence-electron chi connectivity index (χ2n) is 7.13. The van der Waals surface area contributed by atoms with Crippen LogP contribution in [0, 0.1) is 25.5 Å². The van der Waals surface area contributed by atoms with Crippen molar-refractivity contribution in [2.45, 2.75) is 13.8 Å². The number of rotatable bonds is 4. The lowest BCUT2D eigenvalue weighted by Gasteiger charge is -2.15. The molecule has 0 aromatic heterocycles. The van der Waals surface area contributed by atoms with Gasteiger partial charge in [-0.3, -0.25) is 9.59 Å². The van der Waals surface area contributed by atoms with Crippen LogP contribution in [0.2, 0.25) is 0 Å². The number of benzene rings is 3. The molecule has 0 atom stereocenters. The number of amides is 2. The number of imide groups is 1. The van der Waals surface area contributed by atoms with E-state index in [4.69, 9.17) is 0 Å². The molecule has 0 unspecified atom stereocenters. The molecule has 0 fully saturated rings. The lowest BCUT2D eigenvalue weighted by molar-refractivity contribution is -0.120. The quantitative estimate of drug-likeness (QED) is 0.624. The van der Waals surface area contributed by atoms with E-state index in [1.54, 1.807) is 6.07 Å². The van der Waals surface area contributed by atoms with Crippen LogP contribution < -0.4 is 10.2 Å². The van der Waals surface area contributed by atoms with Crippen LogP contribution >= 0.6 is 0 Å². The maximum atomic E-state index is 13.8. The fourth-order valence-corrected chi connectivity index (χ4v) is 3.52. The predicted octanol–water partition coefficient (Wildman–Crippen LogP) is 4.98. The maximum absolute atomic E-state index is 13.8. The van der Waals surface area contributed by atoms with E-state index in [2.05, 4.69) is 5.32 Å². The lowest BCUT2D eigenvalue weighted by Crippen LogP contribution is -2.32. The average Bonchev–Trinajstić information content (AvgIpc) is 2.94. The SMILES string of the molecule is Cc1ccc(C2=C(Nc3ccc(F)cc3)C(=O)N(c3cccc(F)c3)C2=O)c(C)c1. The Labute approximate surface area is 172 Å². The highest BCUT2D eigenvalue weighted by atomic mass is 19.1. The normalized spacial score (nSPS) is 13.9. The number of hydrogen-bond acceptors (Lipinski definition) is 3. The van der Waals surface area contributed by atoms with Crippen molar-refractivity contribution in [1.82, 2.24) is 0 Å². The van der Waals surface area contributed by atoms with Gasteiger partial charge in [0.25, 0.3) is 11.8 Å². The summed E-state index contributed by atoms with van der Waals surface area (Å²) >= 11 is 0. The molecule has 0 bridgehead atoms. The Kier molecular flexibility index (Phi) is 4.91. The molecule has 1 heterocycles. The minimum atomic E-state index is -0.607. The van der Waals surface area contributed by atoms with Gasteiger partial charge < -0.3 is 5.32 Å². The molecular weight excluding hydrogens is 386 g/mol. The topological polar surface area (TPSA) is 49.4 Å². The number of nitrogens with zero attached hydrogens (tertiary/aromatic N) is 1. The van der Waals surface area contributed by atoms with Gasteiger partial charge >= 0.3 is 0 Å². The van der Waals surface area contributed by atoms with E-state index in [1.807, 2.05) is 26.0 Å². The first-order chi connectivity index (χ1) is 14.3. The van der Waals surface area contributed by atoms with Crippen LogP contribution in [-0.4, -0.2) is 11.8 Å². The van der Waals surface area contributed by atoms with Crippen LogP contribution in [0.1, 0.15) is 16.7 Å². The van der Waals surface area contributed by atoms with E-state index in [1.165, 1.54) is 42.5 Å². The highest BCUT2D eigenvalue weighted by molar-refractivity contribution is 6.46. The van der Waals surface area contributed by atoms with E-state index < -0.39 is 23.4 Å². The summed E-state index contributed by atoms with van der Waals surface area (Å²) in [5, 5.41) is 2.96. The van der Waals surface area contributed by atoms with Gasteiger partial charge in [0.15, 0.2) is 0 Å². The van der Waals surface area contributed by atoms with Gasteiger partial charge in [0.1, 0.15) is 17.3 Å². The number of anilines is 2. The van der Waals surface area contributed by atoms with Gasteiger partial charge in [-0.25, -0.2) is 13.7 Å². The van der Waals surface area contributed by atoms with Crippen molar-refractivity contribution in [2.75, 3.05) is 10.2 Å². The van der Waals surface area contributed by atoms with Gasteiger partial charge in [-0.1, -0.05) is 29.8 Å². The Morgan fingerprint density at radius 2 is 1.53 bits per heavy atom. The molecule has 30 heavy (non-hydrogen) atoms. The summed E-state index contributed by atoms with van der Waals surface area (Å²) in [6.45, 7) is 3.79. The molecule has 1 aliphatic rings. The second-order valence-corrected chi connectivity index (χ2v) is 7.13. The Morgan fingerprint density at radius 1 is 0.800 bits per heavy atom. The van der Waals surface area contributed by atoms with Gasteiger partial charge in [0, 0.05) is 5.69 Å². The minimum absolute atomic E-state index is 0.0582. The summed E-state index contributed by atoms with van der Waals surface area (Å²) in [6, 6.07) is 16.3. The van der Waals surface area contributed by atoms with E-state index in [-0.39, 0.29) is 17.0 Å². The van der Waals surface area contributed by atoms with Crippen LogP contribution in [0.4, 0.5) is 20.2 Å². The first-order valence-corrected chi connectivity index (χ1v) is 9.34. The molecule has 4 nitrogen and oxygen atoms in total. The molecular formula is C24H18F2N2O2. The largest absolute Gasteiger partial charge is 0.350 e. The second kappa shape index (κ2) is 7.55. The van der Waals surface area contributed by atoms with Crippen molar-refractivity contribution in [3.05, 3.63) is 101 Å². The molecule has 0 saturated carbocycles. The maximum Gasteiger partial charge on any atom is 0.282 e. The van der Waals surface area contributed by atoms with E-state index in [9.17, 15) is 18.4 Å². The molecule has 4 rings (SSSR count). The number of hydrogen-bond donors (Lipinski definition) is 1. The fraction of sp³-hybridized carbons (Fsp3) is 0.0833. The monoisotopic (exact) mass is 404 g/mol. The fourth-order valence-electron chi connectivity index (χ4n) is 3.52. The summed E-state index contributed by atoms with van der Waals surface area (Å²) in [5.41, 5.74) is 3.28. The van der Waals surface area contributed by atoms with E-state index >= 15 is 0 Å². The summed E-state index contributed by atoms with van der Waals surface area (Å²) in [7, 11) is 0. The highest BCUT2D eigenvalue weighted by Crippen LogP contribution is 2.35. The zero-order valence-corrected chi connectivity index (χ0v) is 16.4. The molecule has 3 aromatic carbocycles. The standard InChI is InChI=1S/C24H18F2N2O2/c1-14-6-11-20(15(2)12-14)21-22(27-18-9-7-16(25)8-10-18)24(30)28(23(21)29)19-5-3-4-17(26)13-19/h3-13,27H,1-2H3. The Bertz CT molecular complexity index is 1200. The van der Waals surface area contributed by atoms with Gasteiger partial charge in [-0.05, 0) is 67.4 Å². The zero-order chi connectivity index (χ0) is 21.4. The lowest BCUT2D eigenvalue weighted by atomic mass is 9.97. The number of aryl methyl sites for hydroxylation is 2. The Balaban J connectivity index is 1.86. The molecule has 1 N–H and O–H groups in total. The first-order valence-electron chi connectivity index (χ1n) is 9.34. The van der Waals surface area contributed by atoms with Crippen molar-refractivity contribution in [1.29, 1.82) is 0 Å². The molecule has 150 valence electrons. The van der Waals surface area contributed by atoms with Crippen molar-refractivity contribution in [3.8, 4) is 0 Å².